The van der Waals surface area contributed by atoms with Gasteiger partial charge in [-0.1, -0.05) is 41.6 Å². The SMILES string of the molecule is COc1ccccc1Sc1ccc(CC=O)c(Cl)c1. The first-order chi connectivity index (χ1) is 9.24. The van der Waals surface area contributed by atoms with Crippen molar-refractivity contribution in [2.24, 2.45) is 0 Å². The fourth-order valence-electron chi connectivity index (χ4n) is 1.68. The Labute approximate surface area is 121 Å². The van der Waals surface area contributed by atoms with E-state index in [4.69, 9.17) is 16.3 Å². The van der Waals surface area contributed by atoms with E-state index < -0.39 is 0 Å². The van der Waals surface area contributed by atoms with Crippen LogP contribution in [0.15, 0.2) is 52.3 Å². The minimum absolute atomic E-state index is 0.346. The van der Waals surface area contributed by atoms with Crippen LogP contribution >= 0.6 is 23.4 Å². The number of aldehydes is 1. The Morgan fingerprint density at radius 2 is 2.05 bits per heavy atom. The van der Waals surface area contributed by atoms with E-state index in [0.717, 1.165) is 27.4 Å². The minimum Gasteiger partial charge on any atom is -0.496 e. The van der Waals surface area contributed by atoms with E-state index in [-0.39, 0.29) is 0 Å². The number of ether oxygens (including phenoxy) is 1. The van der Waals surface area contributed by atoms with Gasteiger partial charge in [0.25, 0.3) is 0 Å². The van der Waals surface area contributed by atoms with Gasteiger partial charge in [0, 0.05) is 16.3 Å². The van der Waals surface area contributed by atoms with Crippen LogP contribution < -0.4 is 4.74 Å². The molecule has 2 aromatic rings. The molecule has 0 aliphatic rings. The molecule has 0 saturated carbocycles. The summed E-state index contributed by atoms with van der Waals surface area (Å²) >= 11 is 7.73. The van der Waals surface area contributed by atoms with Gasteiger partial charge < -0.3 is 9.53 Å². The molecule has 98 valence electrons. The molecule has 0 aliphatic heterocycles. The lowest BCUT2D eigenvalue weighted by Crippen LogP contribution is -1.88. The average Bonchev–Trinajstić information content (AvgIpc) is 2.43. The van der Waals surface area contributed by atoms with E-state index in [9.17, 15) is 4.79 Å². The van der Waals surface area contributed by atoms with Gasteiger partial charge >= 0.3 is 0 Å². The minimum atomic E-state index is 0.346. The third-order valence-corrected chi connectivity index (χ3v) is 4.02. The molecule has 0 heterocycles. The highest BCUT2D eigenvalue weighted by atomic mass is 35.5. The maximum absolute atomic E-state index is 10.5. The van der Waals surface area contributed by atoms with E-state index in [1.807, 2.05) is 42.5 Å². The van der Waals surface area contributed by atoms with Gasteiger partial charge in [-0.3, -0.25) is 0 Å². The molecule has 2 aromatic carbocycles. The van der Waals surface area contributed by atoms with E-state index in [1.165, 1.54) is 0 Å². The highest BCUT2D eigenvalue weighted by Crippen LogP contribution is 2.36. The lowest BCUT2D eigenvalue weighted by Gasteiger charge is -2.08. The second-order valence-corrected chi connectivity index (χ2v) is 5.40. The van der Waals surface area contributed by atoms with Crippen LogP contribution in [0.4, 0.5) is 0 Å². The zero-order valence-corrected chi connectivity index (χ0v) is 12.0. The molecule has 0 aliphatic carbocycles. The number of rotatable bonds is 5. The first-order valence-corrected chi connectivity index (χ1v) is 6.97. The number of para-hydroxylation sites is 1. The fraction of sp³-hybridized carbons (Fsp3) is 0.133. The second-order valence-electron chi connectivity index (χ2n) is 3.88. The summed E-state index contributed by atoms with van der Waals surface area (Å²) in [5, 5.41) is 0.618. The van der Waals surface area contributed by atoms with Crippen LogP contribution in [0.2, 0.25) is 5.02 Å². The maximum atomic E-state index is 10.5. The molecule has 0 atom stereocenters. The molecule has 19 heavy (non-hydrogen) atoms. The van der Waals surface area contributed by atoms with Gasteiger partial charge in [0.2, 0.25) is 0 Å². The van der Waals surface area contributed by atoms with Crippen LogP contribution in [-0.4, -0.2) is 13.4 Å². The summed E-state index contributed by atoms with van der Waals surface area (Å²) in [6.07, 6.45) is 1.20. The molecular weight excluding hydrogens is 280 g/mol. The molecule has 0 saturated heterocycles. The molecule has 0 amide bonds. The molecule has 2 rings (SSSR count). The molecular formula is C15H13ClO2S. The largest absolute Gasteiger partial charge is 0.496 e. The summed E-state index contributed by atoms with van der Waals surface area (Å²) in [6, 6.07) is 13.5. The Morgan fingerprint density at radius 3 is 2.74 bits per heavy atom. The number of halogens is 1. The number of hydrogen-bond donors (Lipinski definition) is 0. The molecule has 0 bridgehead atoms. The number of hydrogen-bond acceptors (Lipinski definition) is 3. The molecule has 0 spiro atoms. The third-order valence-electron chi connectivity index (χ3n) is 2.62. The van der Waals surface area contributed by atoms with Crippen molar-refractivity contribution in [3.05, 3.63) is 53.1 Å². The standard InChI is InChI=1S/C15H13ClO2S/c1-18-14-4-2-3-5-15(14)19-12-7-6-11(8-9-17)13(16)10-12/h2-7,9-10H,8H2,1H3. The van der Waals surface area contributed by atoms with Gasteiger partial charge in [-0.2, -0.15) is 0 Å². The Balaban J connectivity index is 2.24. The lowest BCUT2D eigenvalue weighted by atomic mass is 10.2. The summed E-state index contributed by atoms with van der Waals surface area (Å²) in [7, 11) is 1.65. The van der Waals surface area contributed by atoms with Crippen molar-refractivity contribution in [2.45, 2.75) is 16.2 Å². The molecule has 0 aromatic heterocycles. The average molecular weight is 293 g/mol. The van der Waals surface area contributed by atoms with Crippen LogP contribution in [0.1, 0.15) is 5.56 Å². The van der Waals surface area contributed by atoms with Crippen LogP contribution in [0.3, 0.4) is 0 Å². The normalized spacial score (nSPS) is 10.2. The van der Waals surface area contributed by atoms with Gasteiger partial charge in [0.1, 0.15) is 12.0 Å². The number of methoxy groups -OCH3 is 1. The quantitative estimate of drug-likeness (QED) is 0.771. The number of benzene rings is 2. The highest BCUT2D eigenvalue weighted by molar-refractivity contribution is 7.99. The van der Waals surface area contributed by atoms with E-state index in [1.54, 1.807) is 18.9 Å². The molecule has 0 fully saturated rings. The van der Waals surface area contributed by atoms with Crippen molar-refractivity contribution >= 4 is 29.6 Å². The van der Waals surface area contributed by atoms with Gasteiger partial charge in [0.15, 0.2) is 0 Å². The predicted octanol–water partition coefficient (Wildman–Crippen LogP) is 4.24. The molecule has 0 N–H and O–H groups in total. The zero-order chi connectivity index (χ0) is 13.7. The Morgan fingerprint density at radius 1 is 1.26 bits per heavy atom. The van der Waals surface area contributed by atoms with Gasteiger partial charge in [-0.15, -0.1) is 0 Å². The van der Waals surface area contributed by atoms with E-state index in [2.05, 4.69) is 0 Å². The third kappa shape index (κ3) is 3.52. The summed E-state index contributed by atoms with van der Waals surface area (Å²) < 4.78 is 5.31. The van der Waals surface area contributed by atoms with E-state index >= 15 is 0 Å². The van der Waals surface area contributed by atoms with Crippen LogP contribution in [0.25, 0.3) is 0 Å². The van der Waals surface area contributed by atoms with Crippen molar-refractivity contribution in [1.29, 1.82) is 0 Å². The van der Waals surface area contributed by atoms with Crippen molar-refractivity contribution in [2.75, 3.05) is 7.11 Å². The highest BCUT2D eigenvalue weighted by Gasteiger charge is 2.06. The number of carbonyl (C=O) groups is 1. The Bertz CT molecular complexity index is 584. The first kappa shape index (κ1) is 14.0. The van der Waals surface area contributed by atoms with E-state index in [0.29, 0.717) is 11.4 Å². The summed E-state index contributed by atoms with van der Waals surface area (Å²) in [4.78, 5) is 12.6. The first-order valence-electron chi connectivity index (χ1n) is 5.77. The smallest absolute Gasteiger partial charge is 0.132 e. The summed E-state index contributed by atoms with van der Waals surface area (Å²) in [6.45, 7) is 0. The molecule has 0 unspecified atom stereocenters. The van der Waals surface area contributed by atoms with Crippen molar-refractivity contribution in [3.8, 4) is 5.75 Å². The van der Waals surface area contributed by atoms with Crippen LogP contribution in [0, 0.1) is 0 Å². The maximum Gasteiger partial charge on any atom is 0.132 e. The fourth-order valence-corrected chi connectivity index (χ4v) is 2.96. The summed E-state index contributed by atoms with van der Waals surface area (Å²) in [5.41, 5.74) is 0.848. The van der Waals surface area contributed by atoms with Crippen molar-refractivity contribution < 1.29 is 9.53 Å². The lowest BCUT2D eigenvalue weighted by molar-refractivity contribution is -0.107. The summed E-state index contributed by atoms with van der Waals surface area (Å²) in [5.74, 6) is 0.834. The Kier molecular flexibility index (Phi) is 4.88. The second kappa shape index (κ2) is 6.64. The van der Waals surface area contributed by atoms with Gasteiger partial charge in [-0.05, 0) is 29.8 Å². The zero-order valence-electron chi connectivity index (χ0n) is 10.4. The van der Waals surface area contributed by atoms with Crippen LogP contribution in [0.5, 0.6) is 5.75 Å². The predicted molar refractivity (Wildman–Crippen MR) is 78.3 cm³/mol. The molecule has 2 nitrogen and oxygen atoms in total. The van der Waals surface area contributed by atoms with Crippen molar-refractivity contribution in [1.82, 2.24) is 0 Å². The topological polar surface area (TPSA) is 26.3 Å². The monoisotopic (exact) mass is 292 g/mol. The Hall–Kier alpha value is -1.45. The van der Waals surface area contributed by atoms with Gasteiger partial charge in [0.05, 0.1) is 12.0 Å². The molecule has 4 heteroatoms. The molecule has 0 radical (unpaired) electrons. The number of carbonyl (C=O) groups excluding carboxylic acids is 1. The van der Waals surface area contributed by atoms with Crippen LogP contribution in [-0.2, 0) is 11.2 Å². The van der Waals surface area contributed by atoms with Crippen molar-refractivity contribution in [3.63, 3.8) is 0 Å². The van der Waals surface area contributed by atoms with Gasteiger partial charge in [-0.25, -0.2) is 0 Å².